The second kappa shape index (κ2) is 5.46. The summed E-state index contributed by atoms with van der Waals surface area (Å²) in [6, 6.07) is 3.64. The summed E-state index contributed by atoms with van der Waals surface area (Å²) in [5.74, 6) is -0.0755. The zero-order valence-corrected chi connectivity index (χ0v) is 9.21. The molecule has 0 atom stereocenters. The number of nitrogens with two attached hydrogens (primary N) is 1. The summed E-state index contributed by atoms with van der Waals surface area (Å²) in [5, 5.41) is 2.80. The lowest BCUT2D eigenvalue weighted by molar-refractivity contribution is 0.0952. The van der Waals surface area contributed by atoms with Crippen molar-refractivity contribution in [1.82, 2.24) is 10.3 Å². The highest BCUT2D eigenvalue weighted by molar-refractivity contribution is 5.95. The van der Waals surface area contributed by atoms with Gasteiger partial charge in [-0.2, -0.15) is 0 Å². The van der Waals surface area contributed by atoms with E-state index in [4.69, 9.17) is 5.73 Å². The Morgan fingerprint density at radius 2 is 2.20 bits per heavy atom. The maximum atomic E-state index is 11.7. The van der Waals surface area contributed by atoms with Crippen LogP contribution in [0.5, 0.6) is 0 Å². The Bertz CT molecular complexity index is 350. The smallest absolute Gasteiger partial charge is 0.253 e. The molecule has 1 amide bonds. The first-order valence-electron chi connectivity index (χ1n) is 5.07. The molecule has 1 heterocycles. The number of hydrogen-bond donors (Lipinski definition) is 2. The molecule has 15 heavy (non-hydrogen) atoms. The highest BCUT2D eigenvalue weighted by Gasteiger charge is 2.08. The van der Waals surface area contributed by atoms with Gasteiger partial charge in [-0.3, -0.25) is 9.78 Å². The van der Waals surface area contributed by atoms with Gasteiger partial charge in [0, 0.05) is 12.2 Å². The summed E-state index contributed by atoms with van der Waals surface area (Å²) in [5.41, 5.74) is 7.66. The van der Waals surface area contributed by atoms with E-state index in [2.05, 4.69) is 10.3 Å². The minimum absolute atomic E-state index is 0.0755. The molecule has 3 N–H and O–H groups in total. The van der Waals surface area contributed by atoms with E-state index in [0.29, 0.717) is 18.7 Å². The van der Waals surface area contributed by atoms with Gasteiger partial charge in [0.1, 0.15) is 0 Å². The lowest BCUT2D eigenvalue weighted by atomic mass is 10.1. The van der Waals surface area contributed by atoms with Crippen LogP contribution >= 0.6 is 0 Å². The van der Waals surface area contributed by atoms with E-state index in [0.717, 1.165) is 17.8 Å². The minimum atomic E-state index is -0.0755. The van der Waals surface area contributed by atoms with E-state index in [1.54, 1.807) is 6.07 Å². The van der Waals surface area contributed by atoms with Gasteiger partial charge in [-0.1, -0.05) is 0 Å². The molecule has 0 spiro atoms. The summed E-state index contributed by atoms with van der Waals surface area (Å²) in [6.07, 6.45) is 0.796. The van der Waals surface area contributed by atoms with Gasteiger partial charge >= 0.3 is 0 Å². The summed E-state index contributed by atoms with van der Waals surface area (Å²) in [6.45, 7) is 4.95. The highest BCUT2D eigenvalue weighted by atomic mass is 16.1. The van der Waals surface area contributed by atoms with Crippen molar-refractivity contribution in [3.8, 4) is 0 Å². The first kappa shape index (κ1) is 11.7. The Kier molecular flexibility index (Phi) is 4.24. The number of carbonyl (C=O) groups is 1. The molecule has 0 aliphatic carbocycles. The van der Waals surface area contributed by atoms with Crippen LogP contribution in [0.2, 0.25) is 0 Å². The molecule has 0 aromatic carbocycles. The van der Waals surface area contributed by atoms with Crippen molar-refractivity contribution in [2.45, 2.75) is 20.3 Å². The number of nitrogens with one attached hydrogen (secondary N) is 1. The largest absolute Gasteiger partial charge is 0.352 e. The lowest BCUT2D eigenvalue weighted by Crippen LogP contribution is -2.26. The number of rotatable bonds is 4. The monoisotopic (exact) mass is 207 g/mol. The fourth-order valence-electron chi connectivity index (χ4n) is 1.33. The van der Waals surface area contributed by atoms with Gasteiger partial charge < -0.3 is 11.1 Å². The number of carbonyl (C=O) groups excluding carboxylic acids is 1. The first-order chi connectivity index (χ1) is 7.15. The average molecular weight is 207 g/mol. The van der Waals surface area contributed by atoms with Crippen LogP contribution in [0.3, 0.4) is 0 Å². The van der Waals surface area contributed by atoms with Crippen molar-refractivity contribution in [2.24, 2.45) is 5.73 Å². The summed E-state index contributed by atoms with van der Waals surface area (Å²) < 4.78 is 0. The predicted octanol–water partition coefficient (Wildman–Crippen LogP) is 0.777. The molecule has 1 aromatic heterocycles. The topological polar surface area (TPSA) is 68.0 Å². The standard InChI is InChI=1S/C11H17N3O/c1-8-4-5-10(9(2)14-8)11(15)13-7-3-6-12/h4-5H,3,6-7,12H2,1-2H3,(H,13,15). The number of nitrogens with zero attached hydrogens (tertiary/aromatic N) is 1. The zero-order valence-electron chi connectivity index (χ0n) is 9.21. The van der Waals surface area contributed by atoms with Gasteiger partial charge in [-0.25, -0.2) is 0 Å². The molecule has 0 bridgehead atoms. The Morgan fingerprint density at radius 1 is 1.47 bits per heavy atom. The molecule has 4 heteroatoms. The van der Waals surface area contributed by atoms with Gasteiger partial charge in [0.2, 0.25) is 0 Å². The number of hydrogen-bond acceptors (Lipinski definition) is 3. The van der Waals surface area contributed by atoms with Crippen molar-refractivity contribution < 1.29 is 4.79 Å². The van der Waals surface area contributed by atoms with Gasteiger partial charge in [0.05, 0.1) is 11.3 Å². The normalized spacial score (nSPS) is 10.1. The Balaban J connectivity index is 2.65. The van der Waals surface area contributed by atoms with Crippen LogP contribution in [0.1, 0.15) is 28.2 Å². The third-order valence-corrected chi connectivity index (χ3v) is 2.14. The predicted molar refractivity (Wildman–Crippen MR) is 59.7 cm³/mol. The second-order valence-electron chi connectivity index (χ2n) is 3.48. The van der Waals surface area contributed by atoms with E-state index < -0.39 is 0 Å². The van der Waals surface area contributed by atoms with Crippen molar-refractivity contribution in [2.75, 3.05) is 13.1 Å². The van der Waals surface area contributed by atoms with Crippen molar-refractivity contribution in [3.63, 3.8) is 0 Å². The summed E-state index contributed by atoms with van der Waals surface area (Å²) in [7, 11) is 0. The lowest BCUT2D eigenvalue weighted by Gasteiger charge is -2.06. The van der Waals surface area contributed by atoms with Crippen LogP contribution in [0, 0.1) is 13.8 Å². The van der Waals surface area contributed by atoms with Crippen LogP contribution in [0.4, 0.5) is 0 Å². The molecule has 1 rings (SSSR count). The van der Waals surface area contributed by atoms with E-state index in [1.165, 1.54) is 0 Å². The molecule has 0 radical (unpaired) electrons. The average Bonchev–Trinajstić information content (AvgIpc) is 2.17. The fraction of sp³-hybridized carbons (Fsp3) is 0.455. The molecule has 0 saturated heterocycles. The van der Waals surface area contributed by atoms with Crippen LogP contribution in [0.15, 0.2) is 12.1 Å². The third kappa shape index (κ3) is 3.32. The molecule has 0 unspecified atom stereocenters. The first-order valence-corrected chi connectivity index (χ1v) is 5.07. The molecule has 1 aromatic rings. The summed E-state index contributed by atoms with van der Waals surface area (Å²) >= 11 is 0. The van der Waals surface area contributed by atoms with E-state index in [1.807, 2.05) is 19.9 Å². The zero-order chi connectivity index (χ0) is 11.3. The summed E-state index contributed by atoms with van der Waals surface area (Å²) in [4.78, 5) is 15.9. The highest BCUT2D eigenvalue weighted by Crippen LogP contribution is 2.05. The molecular formula is C11H17N3O. The van der Waals surface area contributed by atoms with Crippen molar-refractivity contribution in [3.05, 3.63) is 29.1 Å². The molecule has 0 saturated carbocycles. The van der Waals surface area contributed by atoms with Crippen molar-refractivity contribution in [1.29, 1.82) is 0 Å². The Morgan fingerprint density at radius 3 is 2.80 bits per heavy atom. The molecule has 82 valence electrons. The maximum absolute atomic E-state index is 11.7. The van der Waals surface area contributed by atoms with Gasteiger partial charge in [0.25, 0.3) is 5.91 Å². The van der Waals surface area contributed by atoms with Crippen LogP contribution in [-0.2, 0) is 0 Å². The molecule has 0 aliphatic heterocycles. The van der Waals surface area contributed by atoms with Crippen LogP contribution in [0.25, 0.3) is 0 Å². The van der Waals surface area contributed by atoms with E-state index >= 15 is 0 Å². The van der Waals surface area contributed by atoms with Crippen LogP contribution < -0.4 is 11.1 Å². The maximum Gasteiger partial charge on any atom is 0.253 e. The number of aryl methyl sites for hydroxylation is 2. The number of pyridine rings is 1. The molecule has 0 fully saturated rings. The number of aromatic nitrogens is 1. The molecule has 0 aliphatic rings. The number of amides is 1. The molecular weight excluding hydrogens is 190 g/mol. The van der Waals surface area contributed by atoms with Gasteiger partial charge in [-0.15, -0.1) is 0 Å². The van der Waals surface area contributed by atoms with Gasteiger partial charge in [-0.05, 0) is 38.9 Å². The quantitative estimate of drug-likeness (QED) is 0.717. The van der Waals surface area contributed by atoms with Gasteiger partial charge in [0.15, 0.2) is 0 Å². The Labute approximate surface area is 89.9 Å². The van der Waals surface area contributed by atoms with E-state index in [-0.39, 0.29) is 5.91 Å². The van der Waals surface area contributed by atoms with Crippen molar-refractivity contribution >= 4 is 5.91 Å². The fourth-order valence-corrected chi connectivity index (χ4v) is 1.33. The van der Waals surface area contributed by atoms with Crippen LogP contribution in [-0.4, -0.2) is 24.0 Å². The second-order valence-corrected chi connectivity index (χ2v) is 3.48. The third-order valence-electron chi connectivity index (χ3n) is 2.14. The van der Waals surface area contributed by atoms with E-state index in [9.17, 15) is 4.79 Å². The SMILES string of the molecule is Cc1ccc(C(=O)NCCCN)c(C)n1. The molecule has 4 nitrogen and oxygen atoms in total. The Hall–Kier alpha value is -1.42. The minimum Gasteiger partial charge on any atom is -0.352 e.